The fourth-order valence-electron chi connectivity index (χ4n) is 0.173. The van der Waals surface area contributed by atoms with E-state index in [2.05, 4.69) is 26.4 Å². The third-order valence-corrected chi connectivity index (χ3v) is 1.55. The van der Waals surface area contributed by atoms with Gasteiger partial charge in [-0.05, 0) is 15.9 Å². The molecule has 1 aromatic rings. The highest BCUT2D eigenvalue weighted by atomic mass is 79.9. The van der Waals surface area contributed by atoms with E-state index in [4.69, 9.17) is 0 Å². The van der Waals surface area contributed by atoms with Gasteiger partial charge in [0.1, 0.15) is 0 Å². The first-order valence-electron chi connectivity index (χ1n) is 1.37. The van der Waals surface area contributed by atoms with Crippen LogP contribution in [0.15, 0.2) is 9.98 Å². The second kappa shape index (κ2) is 1.71. The zero-order valence-electron chi connectivity index (χ0n) is 2.81. The Morgan fingerprint density at radius 3 is 3.00 bits per heavy atom. The minimum atomic E-state index is 1.03. The SMILES string of the molecule is Brc1cn[c]s1. The van der Waals surface area contributed by atoms with Crippen LogP contribution in [0, 0.1) is 5.51 Å². The van der Waals surface area contributed by atoms with Crippen LogP contribution in [0.4, 0.5) is 0 Å². The first kappa shape index (κ1) is 4.27. The van der Waals surface area contributed by atoms with E-state index in [0.29, 0.717) is 0 Å². The van der Waals surface area contributed by atoms with Crippen molar-refractivity contribution in [2.24, 2.45) is 0 Å². The maximum absolute atomic E-state index is 3.67. The number of rotatable bonds is 0. The van der Waals surface area contributed by atoms with Gasteiger partial charge in [0, 0.05) is 0 Å². The normalized spacial score (nSPS) is 8.83. The van der Waals surface area contributed by atoms with E-state index in [9.17, 15) is 0 Å². The van der Waals surface area contributed by atoms with Crippen LogP contribution < -0.4 is 0 Å². The Kier molecular flexibility index (Phi) is 1.22. The number of hydrogen-bond acceptors (Lipinski definition) is 2. The first-order chi connectivity index (χ1) is 2.89. The highest BCUT2D eigenvalue weighted by molar-refractivity contribution is 9.11. The fourth-order valence-corrected chi connectivity index (χ4v) is 0.791. The number of aromatic nitrogens is 1. The lowest BCUT2D eigenvalue weighted by Crippen LogP contribution is -1.42. The van der Waals surface area contributed by atoms with Crippen molar-refractivity contribution in [3.8, 4) is 0 Å². The summed E-state index contributed by atoms with van der Waals surface area (Å²) in [5.74, 6) is 0. The zero-order chi connectivity index (χ0) is 4.41. The average Bonchev–Trinajstić information content (AvgIpc) is 1.86. The Balaban J connectivity index is 3.05. The molecule has 0 aliphatic rings. The summed E-state index contributed by atoms with van der Waals surface area (Å²) in [5.41, 5.74) is 2.67. The number of nitrogens with zero attached hydrogens (tertiary/aromatic N) is 1. The summed E-state index contributed by atoms with van der Waals surface area (Å²) in [4.78, 5) is 3.67. The van der Waals surface area contributed by atoms with E-state index >= 15 is 0 Å². The molecule has 0 aromatic carbocycles. The number of thiazole rings is 1. The largest absolute Gasteiger partial charge is 0.241 e. The van der Waals surface area contributed by atoms with Crippen molar-refractivity contribution < 1.29 is 0 Å². The molecule has 1 nitrogen and oxygen atoms in total. The molecule has 3 heteroatoms. The quantitative estimate of drug-likeness (QED) is 0.567. The first-order valence-corrected chi connectivity index (χ1v) is 2.98. The molecule has 0 saturated carbocycles. The van der Waals surface area contributed by atoms with Crippen molar-refractivity contribution >= 4 is 27.3 Å². The molecule has 0 saturated heterocycles. The molecular formula is C3HBrNS. The standard InChI is InChI=1S/C3HBrNS/c4-3-1-5-2-6-3/h1H. The molecule has 0 spiro atoms. The molecule has 0 aliphatic heterocycles. The Morgan fingerprint density at radius 2 is 2.83 bits per heavy atom. The molecule has 0 unspecified atom stereocenters. The van der Waals surface area contributed by atoms with Gasteiger partial charge >= 0.3 is 0 Å². The van der Waals surface area contributed by atoms with Crippen LogP contribution in [-0.2, 0) is 0 Å². The van der Waals surface area contributed by atoms with E-state index in [1.807, 2.05) is 0 Å². The Hall–Kier alpha value is 0.110. The highest BCUT2D eigenvalue weighted by Crippen LogP contribution is 2.11. The molecule has 6 heavy (non-hydrogen) atoms. The Morgan fingerprint density at radius 1 is 2.00 bits per heavy atom. The average molecular weight is 163 g/mol. The molecule has 1 heterocycles. The van der Waals surface area contributed by atoms with Crippen molar-refractivity contribution in [3.05, 3.63) is 15.5 Å². The van der Waals surface area contributed by atoms with Gasteiger partial charge in [-0.15, -0.1) is 11.3 Å². The van der Waals surface area contributed by atoms with Crippen LogP contribution in [0.25, 0.3) is 0 Å². The van der Waals surface area contributed by atoms with Crippen molar-refractivity contribution in [3.63, 3.8) is 0 Å². The van der Waals surface area contributed by atoms with E-state index in [1.54, 1.807) is 6.20 Å². The summed E-state index contributed by atoms with van der Waals surface area (Å²) < 4.78 is 1.03. The topological polar surface area (TPSA) is 12.9 Å². The van der Waals surface area contributed by atoms with Gasteiger partial charge in [-0.2, -0.15) is 0 Å². The van der Waals surface area contributed by atoms with E-state index in [0.717, 1.165) is 3.79 Å². The van der Waals surface area contributed by atoms with Crippen LogP contribution in [0.2, 0.25) is 0 Å². The smallest absolute Gasteiger partial charge is 0.153 e. The van der Waals surface area contributed by atoms with Gasteiger partial charge < -0.3 is 0 Å². The van der Waals surface area contributed by atoms with Gasteiger partial charge in [0.25, 0.3) is 0 Å². The van der Waals surface area contributed by atoms with Crippen molar-refractivity contribution in [2.45, 2.75) is 0 Å². The predicted octanol–water partition coefficient (Wildman–Crippen LogP) is 1.71. The monoisotopic (exact) mass is 162 g/mol. The summed E-state index contributed by atoms with van der Waals surface area (Å²) in [6.45, 7) is 0. The molecule has 0 amide bonds. The van der Waals surface area contributed by atoms with Crippen LogP contribution >= 0.6 is 27.3 Å². The van der Waals surface area contributed by atoms with Gasteiger partial charge in [0.2, 0.25) is 0 Å². The summed E-state index contributed by atoms with van der Waals surface area (Å²) >= 11 is 4.66. The predicted molar refractivity (Wildman–Crippen MR) is 28.6 cm³/mol. The highest BCUT2D eigenvalue weighted by Gasteiger charge is 1.79. The maximum Gasteiger partial charge on any atom is 0.153 e. The van der Waals surface area contributed by atoms with Crippen LogP contribution in [0.5, 0.6) is 0 Å². The summed E-state index contributed by atoms with van der Waals surface area (Å²) in [5, 5.41) is 0. The third-order valence-electron chi connectivity index (χ3n) is 0.362. The van der Waals surface area contributed by atoms with Crippen LogP contribution in [-0.4, -0.2) is 4.98 Å². The minimum Gasteiger partial charge on any atom is -0.241 e. The van der Waals surface area contributed by atoms with E-state index < -0.39 is 0 Å². The molecule has 1 aromatic heterocycles. The van der Waals surface area contributed by atoms with Gasteiger partial charge in [-0.25, -0.2) is 4.98 Å². The Bertz CT molecular complexity index is 114. The van der Waals surface area contributed by atoms with Gasteiger partial charge in [0.15, 0.2) is 5.51 Å². The second-order valence-corrected chi connectivity index (χ2v) is 2.96. The number of hydrogen-bond donors (Lipinski definition) is 0. The summed E-state index contributed by atoms with van der Waals surface area (Å²) in [6, 6.07) is 0. The molecular weight excluding hydrogens is 162 g/mol. The van der Waals surface area contributed by atoms with Crippen LogP contribution in [0.3, 0.4) is 0 Å². The lowest BCUT2D eigenvalue weighted by molar-refractivity contribution is 1.40. The molecule has 1 radical (unpaired) electrons. The Labute approximate surface area is 48.2 Å². The fraction of sp³-hybridized carbons (Fsp3) is 0. The molecule has 0 aliphatic carbocycles. The van der Waals surface area contributed by atoms with E-state index in [1.165, 1.54) is 11.3 Å². The van der Waals surface area contributed by atoms with Gasteiger partial charge in [0.05, 0.1) is 9.98 Å². The molecule has 0 atom stereocenters. The molecule has 1 rings (SSSR count). The van der Waals surface area contributed by atoms with Crippen molar-refractivity contribution in [1.29, 1.82) is 0 Å². The lowest BCUT2D eigenvalue weighted by Gasteiger charge is -1.59. The lowest BCUT2D eigenvalue weighted by atomic mass is 11.0. The third kappa shape index (κ3) is 0.786. The van der Waals surface area contributed by atoms with E-state index in [-0.39, 0.29) is 0 Å². The number of halogens is 1. The van der Waals surface area contributed by atoms with Crippen molar-refractivity contribution in [1.82, 2.24) is 4.98 Å². The van der Waals surface area contributed by atoms with Gasteiger partial charge in [-0.1, -0.05) is 0 Å². The summed E-state index contributed by atoms with van der Waals surface area (Å²) in [7, 11) is 0. The molecule has 0 N–H and O–H groups in total. The summed E-state index contributed by atoms with van der Waals surface area (Å²) in [6.07, 6.45) is 1.71. The minimum absolute atomic E-state index is 1.03. The van der Waals surface area contributed by atoms with Crippen LogP contribution in [0.1, 0.15) is 0 Å². The zero-order valence-corrected chi connectivity index (χ0v) is 5.21. The van der Waals surface area contributed by atoms with Gasteiger partial charge in [-0.3, -0.25) is 0 Å². The second-order valence-electron chi connectivity index (χ2n) is 0.756. The van der Waals surface area contributed by atoms with Crippen molar-refractivity contribution in [2.75, 3.05) is 0 Å². The molecule has 0 bridgehead atoms. The molecule has 0 fully saturated rings. The maximum atomic E-state index is 3.67. The molecule has 31 valence electrons.